The minimum atomic E-state index is -0.981. The molecule has 0 radical (unpaired) electrons. The summed E-state index contributed by atoms with van der Waals surface area (Å²) in [6.45, 7) is 10.2. The van der Waals surface area contributed by atoms with Gasteiger partial charge in [-0.1, -0.05) is 51.6 Å². The van der Waals surface area contributed by atoms with Crippen molar-refractivity contribution in [3.8, 4) is 5.75 Å². The number of rotatable bonds is 2. The minimum Gasteiger partial charge on any atom is -0.508 e. The lowest BCUT2D eigenvalue weighted by molar-refractivity contribution is -0.132. The summed E-state index contributed by atoms with van der Waals surface area (Å²) in [5, 5.41) is 23.8. The smallest absolute Gasteiger partial charge is 0.327 e. The van der Waals surface area contributed by atoms with E-state index < -0.39 is 11.9 Å². The summed E-state index contributed by atoms with van der Waals surface area (Å²) in [6, 6.07) is 8.71. The Bertz CT molecular complexity index is 353. The van der Waals surface area contributed by atoms with Crippen LogP contribution in [0.2, 0.25) is 0 Å². The second kappa shape index (κ2) is 18.8. The molecule has 0 aliphatic rings. The van der Waals surface area contributed by atoms with Crippen LogP contribution in [0.3, 0.4) is 0 Å². The first kappa shape index (κ1) is 22.6. The van der Waals surface area contributed by atoms with Crippen molar-refractivity contribution in [3.05, 3.63) is 55.6 Å². The summed E-state index contributed by atoms with van der Waals surface area (Å²) in [5.41, 5.74) is 0. The van der Waals surface area contributed by atoms with Crippen LogP contribution in [0, 0.1) is 0 Å². The van der Waals surface area contributed by atoms with Crippen molar-refractivity contribution in [3.63, 3.8) is 0 Å². The van der Waals surface area contributed by atoms with Gasteiger partial charge in [0.05, 0.1) is 0 Å². The molecule has 0 bridgehead atoms. The summed E-state index contributed by atoms with van der Waals surface area (Å²) in [5.74, 6) is -1.64. The Morgan fingerprint density at radius 3 is 1.35 bits per heavy atom. The first-order valence-electron chi connectivity index (χ1n) is 5.80. The SMILES string of the molecule is C=CC(=O)O.C=CC(=O)O.CCC.Oc1ccccc1. The van der Waals surface area contributed by atoms with Gasteiger partial charge in [-0.15, -0.1) is 0 Å². The van der Waals surface area contributed by atoms with Gasteiger partial charge in [0.1, 0.15) is 5.75 Å². The van der Waals surface area contributed by atoms with Crippen LogP contribution >= 0.6 is 0 Å². The number of aliphatic carboxylic acids is 2. The summed E-state index contributed by atoms with van der Waals surface area (Å²) in [4.78, 5) is 18.5. The highest BCUT2D eigenvalue weighted by Gasteiger charge is 1.75. The Kier molecular flexibility index (Phi) is 21.2. The van der Waals surface area contributed by atoms with Gasteiger partial charge >= 0.3 is 11.9 Å². The molecule has 0 atom stereocenters. The van der Waals surface area contributed by atoms with Gasteiger partial charge in [-0.05, 0) is 12.1 Å². The molecule has 20 heavy (non-hydrogen) atoms. The minimum absolute atomic E-state index is 0.322. The number of hydrogen-bond acceptors (Lipinski definition) is 3. The van der Waals surface area contributed by atoms with E-state index in [2.05, 4.69) is 27.0 Å². The third kappa shape index (κ3) is 36.1. The molecule has 3 N–H and O–H groups in total. The van der Waals surface area contributed by atoms with E-state index in [1.165, 1.54) is 6.42 Å². The lowest BCUT2D eigenvalue weighted by Crippen LogP contribution is -1.82. The van der Waals surface area contributed by atoms with E-state index in [-0.39, 0.29) is 0 Å². The molecule has 0 aromatic heterocycles. The third-order valence-corrected chi connectivity index (χ3v) is 1.11. The van der Waals surface area contributed by atoms with E-state index in [0.717, 1.165) is 12.2 Å². The molecular weight excluding hydrogens is 260 g/mol. The average Bonchev–Trinajstić information content (AvgIpc) is 2.41. The molecule has 1 rings (SSSR count). The molecular formula is C15H22O5. The average molecular weight is 282 g/mol. The molecule has 0 aliphatic heterocycles. The van der Waals surface area contributed by atoms with Crippen molar-refractivity contribution < 1.29 is 24.9 Å². The highest BCUT2D eigenvalue weighted by molar-refractivity contribution is 5.79. The number of phenolic OH excluding ortho intramolecular Hbond substituents is 1. The molecule has 1 aromatic carbocycles. The summed E-state index contributed by atoms with van der Waals surface area (Å²) >= 11 is 0. The number of carboxylic acids is 2. The Hall–Kier alpha value is -2.56. The molecule has 0 heterocycles. The van der Waals surface area contributed by atoms with Gasteiger partial charge in [0.2, 0.25) is 0 Å². The molecule has 112 valence electrons. The van der Waals surface area contributed by atoms with Crippen LogP contribution in [0.5, 0.6) is 5.75 Å². The highest BCUT2D eigenvalue weighted by atomic mass is 16.4. The van der Waals surface area contributed by atoms with Crippen molar-refractivity contribution in [1.82, 2.24) is 0 Å². The molecule has 0 spiro atoms. The van der Waals surface area contributed by atoms with E-state index in [4.69, 9.17) is 15.3 Å². The zero-order valence-corrected chi connectivity index (χ0v) is 11.8. The fourth-order valence-electron chi connectivity index (χ4n) is 0.428. The lowest BCUT2D eigenvalue weighted by atomic mass is 10.3. The number of phenols is 1. The van der Waals surface area contributed by atoms with Crippen LogP contribution in [-0.4, -0.2) is 27.3 Å². The molecule has 0 saturated carbocycles. The number of hydrogen-bond donors (Lipinski definition) is 3. The van der Waals surface area contributed by atoms with Crippen molar-refractivity contribution in [2.75, 3.05) is 0 Å². The summed E-state index contributed by atoms with van der Waals surface area (Å²) in [6.07, 6.45) is 2.92. The first-order valence-corrected chi connectivity index (χ1v) is 5.80. The maximum absolute atomic E-state index is 9.25. The number of para-hydroxylation sites is 1. The van der Waals surface area contributed by atoms with Crippen LogP contribution < -0.4 is 0 Å². The van der Waals surface area contributed by atoms with Gasteiger partial charge in [0, 0.05) is 12.2 Å². The van der Waals surface area contributed by atoms with E-state index in [0.29, 0.717) is 5.75 Å². The largest absolute Gasteiger partial charge is 0.508 e. The molecule has 0 amide bonds. The van der Waals surface area contributed by atoms with Crippen LogP contribution in [0.25, 0.3) is 0 Å². The van der Waals surface area contributed by atoms with Crippen molar-refractivity contribution in [2.45, 2.75) is 20.3 Å². The Balaban J connectivity index is -0.000000202. The number of carbonyl (C=O) groups is 2. The van der Waals surface area contributed by atoms with Gasteiger partial charge in [0.25, 0.3) is 0 Å². The number of carboxylic acid groups (broad SMARTS) is 2. The van der Waals surface area contributed by atoms with Crippen LogP contribution in [0.1, 0.15) is 20.3 Å². The zero-order chi connectivity index (χ0) is 16.4. The van der Waals surface area contributed by atoms with E-state index >= 15 is 0 Å². The van der Waals surface area contributed by atoms with Gasteiger partial charge in [-0.25, -0.2) is 9.59 Å². The second-order valence-corrected chi connectivity index (χ2v) is 3.13. The van der Waals surface area contributed by atoms with Gasteiger partial charge in [0.15, 0.2) is 0 Å². The fraction of sp³-hybridized carbons (Fsp3) is 0.200. The molecule has 0 aliphatic carbocycles. The van der Waals surface area contributed by atoms with E-state index in [1.54, 1.807) is 24.3 Å². The maximum Gasteiger partial charge on any atom is 0.327 e. The molecule has 5 heteroatoms. The third-order valence-electron chi connectivity index (χ3n) is 1.11. The van der Waals surface area contributed by atoms with Gasteiger partial charge < -0.3 is 15.3 Å². The molecule has 0 unspecified atom stereocenters. The topological polar surface area (TPSA) is 94.8 Å². The zero-order valence-electron chi connectivity index (χ0n) is 11.8. The normalized spacial score (nSPS) is 7.10. The monoisotopic (exact) mass is 282 g/mol. The molecule has 1 aromatic rings. The van der Waals surface area contributed by atoms with Crippen molar-refractivity contribution >= 4 is 11.9 Å². The number of aromatic hydroxyl groups is 1. The van der Waals surface area contributed by atoms with Crippen LogP contribution in [-0.2, 0) is 9.59 Å². The number of benzene rings is 1. The summed E-state index contributed by atoms with van der Waals surface area (Å²) in [7, 11) is 0. The predicted octanol–water partition coefficient (Wildman–Crippen LogP) is 3.32. The van der Waals surface area contributed by atoms with Crippen molar-refractivity contribution in [2.24, 2.45) is 0 Å². The second-order valence-electron chi connectivity index (χ2n) is 3.13. The fourth-order valence-corrected chi connectivity index (χ4v) is 0.428. The van der Waals surface area contributed by atoms with Crippen molar-refractivity contribution in [1.29, 1.82) is 0 Å². The van der Waals surface area contributed by atoms with E-state index in [1.807, 2.05) is 6.07 Å². The first-order chi connectivity index (χ1) is 9.35. The Morgan fingerprint density at radius 1 is 1.00 bits per heavy atom. The van der Waals surface area contributed by atoms with Gasteiger partial charge in [-0.3, -0.25) is 0 Å². The molecule has 0 saturated heterocycles. The lowest BCUT2D eigenvalue weighted by Gasteiger charge is -1.82. The molecule has 0 fully saturated rings. The maximum atomic E-state index is 9.25. The summed E-state index contributed by atoms with van der Waals surface area (Å²) < 4.78 is 0. The Morgan fingerprint density at radius 2 is 1.25 bits per heavy atom. The highest BCUT2D eigenvalue weighted by Crippen LogP contribution is 2.02. The quantitative estimate of drug-likeness (QED) is 0.723. The van der Waals surface area contributed by atoms with Crippen LogP contribution in [0.15, 0.2) is 55.6 Å². The predicted molar refractivity (Wildman–Crippen MR) is 79.7 cm³/mol. The standard InChI is InChI=1S/C6H6O.2C3H4O2.C3H8/c7-6-4-2-1-3-5-6;2*1-2-3(4)5;1-3-2/h1-5,7H;2*2H,1H2,(H,4,5);3H2,1-2H3. The van der Waals surface area contributed by atoms with Gasteiger partial charge in [-0.2, -0.15) is 0 Å². The van der Waals surface area contributed by atoms with Crippen LogP contribution in [0.4, 0.5) is 0 Å². The molecule has 5 nitrogen and oxygen atoms in total. The Labute approximate surface area is 119 Å². The van der Waals surface area contributed by atoms with E-state index in [9.17, 15) is 9.59 Å².